The van der Waals surface area contributed by atoms with E-state index in [0.717, 1.165) is 5.56 Å². The lowest BCUT2D eigenvalue weighted by Crippen LogP contribution is -2.15. The van der Waals surface area contributed by atoms with Crippen LogP contribution >= 0.6 is 0 Å². The number of aromatic amines is 1. The highest BCUT2D eigenvalue weighted by molar-refractivity contribution is 6.04. The number of nitrogens with one attached hydrogen (secondary N) is 2. The van der Waals surface area contributed by atoms with Crippen molar-refractivity contribution in [1.29, 1.82) is 0 Å². The lowest BCUT2D eigenvalue weighted by molar-refractivity contribution is 0.0993. The molecule has 0 atom stereocenters. The van der Waals surface area contributed by atoms with Crippen LogP contribution in [0.4, 0.5) is 5.69 Å². The topological polar surface area (TPSA) is 101 Å². The van der Waals surface area contributed by atoms with Gasteiger partial charge in [0.1, 0.15) is 6.33 Å². The Morgan fingerprint density at radius 1 is 1.08 bits per heavy atom. The molecule has 2 aromatic carbocycles. The summed E-state index contributed by atoms with van der Waals surface area (Å²) in [6, 6.07) is 15.6. The molecule has 0 fully saturated rings. The fourth-order valence-electron chi connectivity index (χ4n) is 2.53. The Morgan fingerprint density at radius 2 is 1.96 bits per heavy atom. The number of hydrogen-bond acceptors (Lipinski definition) is 5. The van der Waals surface area contributed by atoms with Crippen molar-refractivity contribution in [2.45, 2.75) is 0 Å². The molecule has 0 aliphatic carbocycles. The summed E-state index contributed by atoms with van der Waals surface area (Å²) in [5.74, 6) is 0.0414. The molecule has 7 nitrogen and oxygen atoms in total. The van der Waals surface area contributed by atoms with Crippen LogP contribution in [-0.4, -0.2) is 21.1 Å². The summed E-state index contributed by atoms with van der Waals surface area (Å²) in [5, 5.41) is 10.4. The van der Waals surface area contributed by atoms with Crippen LogP contribution in [0.5, 0.6) is 0 Å². The lowest BCUT2D eigenvalue weighted by atomic mass is 10.1. The maximum absolute atomic E-state index is 12.4. The van der Waals surface area contributed by atoms with Crippen LogP contribution in [0, 0.1) is 0 Å². The Morgan fingerprint density at radius 3 is 2.80 bits per heavy atom. The quantitative estimate of drug-likeness (QED) is 0.601. The molecule has 4 rings (SSSR count). The van der Waals surface area contributed by atoms with Gasteiger partial charge in [0, 0.05) is 11.3 Å². The van der Waals surface area contributed by atoms with E-state index >= 15 is 0 Å². The standard InChI is InChI=1S/C18H12N4O3/c23-17(15-9-11-4-1-2-7-14(11)18(24)25-15)21-13-6-3-5-12(8-13)16-19-10-20-22-16/h1-10H,(H,21,23)(H,19,20,22). The lowest BCUT2D eigenvalue weighted by Gasteiger charge is -2.06. The summed E-state index contributed by atoms with van der Waals surface area (Å²) >= 11 is 0. The molecule has 0 bridgehead atoms. The molecule has 2 aromatic heterocycles. The number of anilines is 1. The molecule has 1 amide bonds. The van der Waals surface area contributed by atoms with Crippen LogP contribution in [0.3, 0.4) is 0 Å². The van der Waals surface area contributed by atoms with Gasteiger partial charge in [-0.1, -0.05) is 30.3 Å². The number of amides is 1. The van der Waals surface area contributed by atoms with E-state index in [1.54, 1.807) is 48.5 Å². The van der Waals surface area contributed by atoms with Gasteiger partial charge in [0.25, 0.3) is 5.91 Å². The molecule has 2 N–H and O–H groups in total. The summed E-state index contributed by atoms with van der Waals surface area (Å²) < 4.78 is 5.13. The van der Waals surface area contributed by atoms with E-state index in [1.165, 1.54) is 6.33 Å². The van der Waals surface area contributed by atoms with E-state index in [-0.39, 0.29) is 5.76 Å². The zero-order valence-electron chi connectivity index (χ0n) is 12.9. The van der Waals surface area contributed by atoms with Crippen LogP contribution in [0.2, 0.25) is 0 Å². The van der Waals surface area contributed by atoms with Gasteiger partial charge in [-0.3, -0.25) is 9.89 Å². The molecule has 0 aliphatic rings. The first-order valence-electron chi connectivity index (χ1n) is 7.51. The van der Waals surface area contributed by atoms with E-state index in [0.29, 0.717) is 22.3 Å². The summed E-state index contributed by atoms with van der Waals surface area (Å²) in [6.07, 6.45) is 1.41. The molecule has 0 unspecified atom stereocenters. The van der Waals surface area contributed by atoms with Gasteiger partial charge in [0.05, 0.1) is 5.39 Å². The third-order valence-electron chi connectivity index (χ3n) is 3.70. The van der Waals surface area contributed by atoms with Gasteiger partial charge in [0.2, 0.25) is 0 Å². The highest BCUT2D eigenvalue weighted by Crippen LogP contribution is 2.19. The van der Waals surface area contributed by atoms with Crippen molar-refractivity contribution in [3.63, 3.8) is 0 Å². The van der Waals surface area contributed by atoms with Gasteiger partial charge in [-0.25, -0.2) is 9.78 Å². The Balaban J connectivity index is 1.64. The SMILES string of the molecule is O=C(Nc1cccc(-c2ncn[nH]2)c1)c1cc2ccccc2c(=O)o1. The first-order valence-corrected chi connectivity index (χ1v) is 7.51. The second-order valence-corrected chi connectivity index (χ2v) is 5.35. The number of aromatic nitrogens is 3. The highest BCUT2D eigenvalue weighted by atomic mass is 16.4. The number of fused-ring (bicyclic) bond motifs is 1. The molecule has 0 saturated heterocycles. The van der Waals surface area contributed by atoms with Crippen molar-refractivity contribution in [2.24, 2.45) is 0 Å². The van der Waals surface area contributed by atoms with Crippen molar-refractivity contribution >= 4 is 22.4 Å². The van der Waals surface area contributed by atoms with Crippen LogP contribution < -0.4 is 10.9 Å². The third-order valence-corrected chi connectivity index (χ3v) is 3.70. The molecule has 0 spiro atoms. The highest BCUT2D eigenvalue weighted by Gasteiger charge is 2.13. The zero-order valence-corrected chi connectivity index (χ0v) is 12.9. The first-order chi connectivity index (χ1) is 12.2. The maximum atomic E-state index is 12.4. The minimum Gasteiger partial charge on any atom is -0.417 e. The van der Waals surface area contributed by atoms with E-state index in [1.807, 2.05) is 6.07 Å². The number of rotatable bonds is 3. The van der Waals surface area contributed by atoms with Crippen molar-refractivity contribution < 1.29 is 9.21 Å². The number of carbonyl (C=O) groups is 1. The normalized spacial score (nSPS) is 10.7. The largest absolute Gasteiger partial charge is 0.417 e. The average molecular weight is 332 g/mol. The van der Waals surface area contributed by atoms with E-state index in [9.17, 15) is 9.59 Å². The number of nitrogens with zero attached hydrogens (tertiary/aromatic N) is 2. The van der Waals surface area contributed by atoms with Gasteiger partial charge in [-0.05, 0) is 29.7 Å². The van der Waals surface area contributed by atoms with Gasteiger partial charge < -0.3 is 9.73 Å². The number of benzene rings is 2. The van der Waals surface area contributed by atoms with Crippen molar-refractivity contribution in [3.05, 3.63) is 77.1 Å². The number of carbonyl (C=O) groups excluding carboxylic acids is 1. The molecule has 4 aromatic rings. The molecule has 7 heteroatoms. The number of hydrogen-bond donors (Lipinski definition) is 2. The van der Waals surface area contributed by atoms with Crippen LogP contribution in [-0.2, 0) is 0 Å². The Kier molecular flexibility index (Phi) is 3.59. The van der Waals surface area contributed by atoms with Crippen molar-refractivity contribution in [2.75, 3.05) is 5.32 Å². The number of H-pyrrole nitrogens is 1. The third kappa shape index (κ3) is 2.90. The molecule has 0 aliphatic heterocycles. The van der Waals surface area contributed by atoms with E-state index in [4.69, 9.17) is 4.42 Å². The molecule has 25 heavy (non-hydrogen) atoms. The van der Waals surface area contributed by atoms with Gasteiger partial charge in [-0.15, -0.1) is 0 Å². The smallest absolute Gasteiger partial charge is 0.344 e. The summed E-state index contributed by atoms with van der Waals surface area (Å²) in [7, 11) is 0. The molecule has 0 saturated carbocycles. The summed E-state index contributed by atoms with van der Waals surface area (Å²) in [6.45, 7) is 0. The van der Waals surface area contributed by atoms with Crippen LogP contribution in [0.15, 0.2) is 70.1 Å². The fraction of sp³-hybridized carbons (Fsp3) is 0. The van der Waals surface area contributed by atoms with Gasteiger partial charge in [-0.2, -0.15) is 5.10 Å². The van der Waals surface area contributed by atoms with Crippen LogP contribution in [0.1, 0.15) is 10.6 Å². The average Bonchev–Trinajstić information content (AvgIpc) is 3.17. The molecule has 122 valence electrons. The fourth-order valence-corrected chi connectivity index (χ4v) is 2.53. The Hall–Kier alpha value is -3.74. The van der Waals surface area contributed by atoms with Crippen LogP contribution in [0.25, 0.3) is 22.2 Å². The Labute approximate surface area is 141 Å². The second-order valence-electron chi connectivity index (χ2n) is 5.35. The van der Waals surface area contributed by atoms with Gasteiger partial charge in [0.15, 0.2) is 11.6 Å². The predicted molar refractivity (Wildman–Crippen MR) is 92.3 cm³/mol. The van der Waals surface area contributed by atoms with Crippen molar-refractivity contribution in [3.8, 4) is 11.4 Å². The van der Waals surface area contributed by atoms with E-state index in [2.05, 4.69) is 20.5 Å². The predicted octanol–water partition coefficient (Wildman–Crippen LogP) is 2.83. The van der Waals surface area contributed by atoms with Gasteiger partial charge >= 0.3 is 5.63 Å². The van der Waals surface area contributed by atoms with E-state index < -0.39 is 11.5 Å². The molecular formula is C18H12N4O3. The minimum absolute atomic E-state index is 0.0474. The second kappa shape index (κ2) is 6.04. The minimum atomic E-state index is -0.543. The summed E-state index contributed by atoms with van der Waals surface area (Å²) in [4.78, 5) is 28.5. The zero-order chi connectivity index (χ0) is 17.2. The van der Waals surface area contributed by atoms with Crippen molar-refractivity contribution in [1.82, 2.24) is 15.2 Å². The molecule has 2 heterocycles. The molecule has 0 radical (unpaired) electrons. The monoisotopic (exact) mass is 332 g/mol. The first kappa shape index (κ1) is 14.8. The summed E-state index contributed by atoms with van der Waals surface area (Å²) in [5.41, 5.74) is 0.781. The molecular weight excluding hydrogens is 320 g/mol. The Bertz CT molecular complexity index is 1120. The maximum Gasteiger partial charge on any atom is 0.344 e.